The Morgan fingerprint density at radius 1 is 1.44 bits per heavy atom. The Kier molecular flexibility index (Phi) is 4.33. The first-order chi connectivity index (χ1) is 8.35. The van der Waals surface area contributed by atoms with Gasteiger partial charge in [-0.15, -0.1) is 0 Å². The zero-order chi connectivity index (χ0) is 13.8. The molecule has 0 bridgehead atoms. The molecule has 0 aliphatic carbocycles. The van der Waals surface area contributed by atoms with Gasteiger partial charge in [0.2, 0.25) is 0 Å². The van der Waals surface area contributed by atoms with E-state index in [0.29, 0.717) is 12.1 Å². The Morgan fingerprint density at radius 3 is 2.67 bits per heavy atom. The first-order valence-electron chi connectivity index (χ1n) is 5.82. The quantitative estimate of drug-likeness (QED) is 0.883. The minimum atomic E-state index is -0.547. The largest absolute Gasteiger partial charge is 0.378 e. The van der Waals surface area contributed by atoms with Crippen LogP contribution < -0.4 is 10.2 Å². The van der Waals surface area contributed by atoms with E-state index in [1.54, 1.807) is 19.9 Å². The Labute approximate surface area is 108 Å². The molecule has 1 N–H and O–H groups in total. The third-order valence-electron chi connectivity index (χ3n) is 2.62. The van der Waals surface area contributed by atoms with Crippen molar-refractivity contribution in [2.75, 3.05) is 25.5 Å². The third-order valence-corrected chi connectivity index (χ3v) is 2.62. The second-order valence-electron chi connectivity index (χ2n) is 5.12. The van der Waals surface area contributed by atoms with Gasteiger partial charge in [0.25, 0.3) is 5.91 Å². The summed E-state index contributed by atoms with van der Waals surface area (Å²) in [5.74, 6) is -0.151. The predicted octanol–water partition coefficient (Wildman–Crippen LogP) is 2.03. The number of carbonyl (C=O) groups is 1. The van der Waals surface area contributed by atoms with Crippen molar-refractivity contribution in [3.8, 4) is 6.07 Å². The van der Waals surface area contributed by atoms with Crippen molar-refractivity contribution in [3.05, 3.63) is 29.8 Å². The molecule has 0 heterocycles. The van der Waals surface area contributed by atoms with Gasteiger partial charge >= 0.3 is 0 Å². The average molecular weight is 245 g/mol. The SMILES string of the molecule is CN(C)c1cccc(C(=O)NCC(C)(C)C#N)c1. The second kappa shape index (κ2) is 5.54. The van der Waals surface area contributed by atoms with Gasteiger partial charge in [0, 0.05) is 31.9 Å². The maximum absolute atomic E-state index is 11.9. The fraction of sp³-hybridized carbons (Fsp3) is 0.429. The van der Waals surface area contributed by atoms with Gasteiger partial charge in [0.15, 0.2) is 0 Å². The number of hydrogen-bond acceptors (Lipinski definition) is 3. The van der Waals surface area contributed by atoms with Gasteiger partial charge in [-0.05, 0) is 32.0 Å². The zero-order valence-corrected chi connectivity index (χ0v) is 11.3. The Bertz CT molecular complexity index is 472. The molecule has 1 aromatic carbocycles. The highest BCUT2D eigenvalue weighted by Crippen LogP contribution is 2.14. The topological polar surface area (TPSA) is 56.1 Å². The molecule has 4 heteroatoms. The molecule has 0 atom stereocenters. The summed E-state index contributed by atoms with van der Waals surface area (Å²) in [5.41, 5.74) is 1.03. The number of nitrogens with one attached hydrogen (secondary N) is 1. The van der Waals surface area contributed by atoms with E-state index in [1.807, 2.05) is 37.2 Å². The number of anilines is 1. The van der Waals surface area contributed by atoms with Crippen molar-refractivity contribution in [2.45, 2.75) is 13.8 Å². The molecule has 0 aliphatic heterocycles. The molecule has 0 aromatic heterocycles. The minimum absolute atomic E-state index is 0.151. The van der Waals surface area contributed by atoms with E-state index in [0.717, 1.165) is 5.69 Å². The summed E-state index contributed by atoms with van der Waals surface area (Å²) in [6.45, 7) is 3.93. The van der Waals surface area contributed by atoms with E-state index in [2.05, 4.69) is 11.4 Å². The molecule has 0 aliphatic rings. The van der Waals surface area contributed by atoms with Gasteiger partial charge in [-0.2, -0.15) is 5.26 Å². The summed E-state index contributed by atoms with van der Waals surface area (Å²) in [7, 11) is 3.85. The monoisotopic (exact) mass is 245 g/mol. The molecule has 18 heavy (non-hydrogen) atoms. The average Bonchev–Trinajstić information content (AvgIpc) is 2.36. The number of amides is 1. The van der Waals surface area contributed by atoms with Crippen LogP contribution in [0.1, 0.15) is 24.2 Å². The lowest BCUT2D eigenvalue weighted by Gasteiger charge is -2.17. The lowest BCUT2D eigenvalue weighted by molar-refractivity contribution is 0.0944. The van der Waals surface area contributed by atoms with Crippen molar-refractivity contribution in [1.29, 1.82) is 5.26 Å². The molecule has 0 saturated heterocycles. The summed E-state index contributed by atoms with van der Waals surface area (Å²) < 4.78 is 0. The van der Waals surface area contributed by atoms with Crippen LogP contribution in [0.4, 0.5) is 5.69 Å². The van der Waals surface area contributed by atoms with Gasteiger partial charge in [-0.25, -0.2) is 0 Å². The van der Waals surface area contributed by atoms with Crippen LogP contribution >= 0.6 is 0 Å². The number of hydrogen-bond donors (Lipinski definition) is 1. The van der Waals surface area contributed by atoms with E-state index in [4.69, 9.17) is 5.26 Å². The molecule has 0 radical (unpaired) electrons. The van der Waals surface area contributed by atoms with Gasteiger partial charge in [0.05, 0.1) is 11.5 Å². The molecule has 4 nitrogen and oxygen atoms in total. The molecule has 1 amide bonds. The van der Waals surface area contributed by atoms with Crippen molar-refractivity contribution >= 4 is 11.6 Å². The van der Waals surface area contributed by atoms with E-state index in [-0.39, 0.29) is 5.91 Å². The smallest absolute Gasteiger partial charge is 0.251 e. The first-order valence-corrected chi connectivity index (χ1v) is 5.82. The molecule has 1 aromatic rings. The normalized spacial score (nSPS) is 10.6. The Hall–Kier alpha value is -2.02. The number of rotatable bonds is 4. The van der Waals surface area contributed by atoms with Crippen LogP contribution in [0, 0.1) is 16.7 Å². The maximum atomic E-state index is 11.9. The molecule has 0 fully saturated rings. The number of benzene rings is 1. The summed E-state index contributed by atoms with van der Waals surface area (Å²) in [5, 5.41) is 11.7. The van der Waals surface area contributed by atoms with Crippen molar-refractivity contribution in [2.24, 2.45) is 5.41 Å². The molecule has 1 rings (SSSR count). The highest BCUT2D eigenvalue weighted by Gasteiger charge is 2.18. The zero-order valence-electron chi connectivity index (χ0n) is 11.3. The molecule has 0 saturated carbocycles. The van der Waals surface area contributed by atoms with E-state index in [9.17, 15) is 4.79 Å². The van der Waals surface area contributed by atoms with Crippen molar-refractivity contribution in [1.82, 2.24) is 5.32 Å². The molecule has 96 valence electrons. The Morgan fingerprint density at radius 2 is 2.11 bits per heavy atom. The van der Waals surface area contributed by atoms with Gasteiger partial charge in [-0.1, -0.05) is 6.07 Å². The summed E-state index contributed by atoms with van der Waals surface area (Å²) >= 11 is 0. The van der Waals surface area contributed by atoms with Crippen LogP contribution in [0.15, 0.2) is 24.3 Å². The summed E-state index contributed by atoms with van der Waals surface area (Å²) in [4.78, 5) is 13.9. The van der Waals surface area contributed by atoms with E-state index < -0.39 is 5.41 Å². The first kappa shape index (κ1) is 14.0. The fourth-order valence-electron chi connectivity index (χ4n) is 1.37. The van der Waals surface area contributed by atoms with Crippen LogP contribution in [0.2, 0.25) is 0 Å². The number of nitrogens with zero attached hydrogens (tertiary/aromatic N) is 2. The number of carbonyl (C=O) groups excluding carboxylic acids is 1. The molecular formula is C14H19N3O. The van der Waals surface area contributed by atoms with Gasteiger partial charge in [0.1, 0.15) is 0 Å². The van der Waals surface area contributed by atoms with Gasteiger partial charge in [-0.3, -0.25) is 4.79 Å². The van der Waals surface area contributed by atoms with Crippen LogP contribution in [0.25, 0.3) is 0 Å². The standard InChI is InChI=1S/C14H19N3O/c1-14(2,9-15)10-16-13(18)11-6-5-7-12(8-11)17(3)4/h5-8H,10H2,1-4H3,(H,16,18). The molecule has 0 spiro atoms. The number of nitriles is 1. The third kappa shape index (κ3) is 3.77. The molecular weight excluding hydrogens is 226 g/mol. The van der Waals surface area contributed by atoms with Crippen LogP contribution in [-0.2, 0) is 0 Å². The van der Waals surface area contributed by atoms with Crippen molar-refractivity contribution < 1.29 is 4.79 Å². The lowest BCUT2D eigenvalue weighted by atomic mass is 9.96. The highest BCUT2D eigenvalue weighted by atomic mass is 16.1. The van der Waals surface area contributed by atoms with Gasteiger partial charge < -0.3 is 10.2 Å². The highest BCUT2D eigenvalue weighted by molar-refractivity contribution is 5.95. The van der Waals surface area contributed by atoms with E-state index in [1.165, 1.54) is 0 Å². The van der Waals surface area contributed by atoms with E-state index >= 15 is 0 Å². The van der Waals surface area contributed by atoms with Crippen LogP contribution in [0.3, 0.4) is 0 Å². The second-order valence-corrected chi connectivity index (χ2v) is 5.12. The van der Waals surface area contributed by atoms with Crippen LogP contribution in [0.5, 0.6) is 0 Å². The summed E-state index contributed by atoms with van der Waals surface area (Å²) in [6, 6.07) is 9.54. The predicted molar refractivity (Wildman–Crippen MR) is 72.5 cm³/mol. The van der Waals surface area contributed by atoms with Crippen LogP contribution in [-0.4, -0.2) is 26.5 Å². The maximum Gasteiger partial charge on any atom is 0.251 e. The minimum Gasteiger partial charge on any atom is -0.378 e. The summed E-state index contributed by atoms with van der Waals surface area (Å²) in [6.07, 6.45) is 0. The molecule has 0 unspecified atom stereocenters. The fourth-order valence-corrected chi connectivity index (χ4v) is 1.37. The van der Waals surface area contributed by atoms with Crippen molar-refractivity contribution in [3.63, 3.8) is 0 Å². The lowest BCUT2D eigenvalue weighted by Crippen LogP contribution is -2.33. The Balaban J connectivity index is 2.74.